The third-order valence-corrected chi connectivity index (χ3v) is 6.15. The molecule has 4 rings (SSSR count). The molecule has 0 radical (unpaired) electrons. The summed E-state index contributed by atoms with van der Waals surface area (Å²) in [4.78, 5) is 54.6. The lowest BCUT2D eigenvalue weighted by Crippen LogP contribution is -2.64. The summed E-state index contributed by atoms with van der Waals surface area (Å²) in [6.07, 6.45) is 2.08. The van der Waals surface area contributed by atoms with Crippen molar-refractivity contribution in [3.8, 4) is 0 Å². The lowest BCUT2D eigenvalue weighted by molar-refractivity contribution is -0.140. The van der Waals surface area contributed by atoms with E-state index in [9.17, 15) is 19.2 Å². The first kappa shape index (κ1) is 18.5. The van der Waals surface area contributed by atoms with Crippen LogP contribution in [0.15, 0.2) is 24.3 Å². The number of carboxylic acids is 1. The molecule has 0 saturated carbocycles. The van der Waals surface area contributed by atoms with Crippen molar-refractivity contribution in [3.63, 3.8) is 0 Å². The molecule has 0 aliphatic carbocycles. The summed E-state index contributed by atoms with van der Waals surface area (Å²) in [5.74, 6) is -1.54. The molecule has 1 aromatic carbocycles. The molecule has 2 unspecified atom stereocenters. The maximum absolute atomic E-state index is 13.2. The van der Waals surface area contributed by atoms with Gasteiger partial charge in [0.15, 0.2) is 0 Å². The molecular weight excluding hydrogens is 362 g/mol. The minimum absolute atomic E-state index is 0.0650. The zero-order chi connectivity index (χ0) is 20.1. The minimum Gasteiger partial charge on any atom is -0.481 e. The van der Waals surface area contributed by atoms with E-state index in [1.807, 2.05) is 6.92 Å². The zero-order valence-electron chi connectivity index (χ0n) is 15.8. The predicted octanol–water partition coefficient (Wildman–Crippen LogP) is 1.45. The highest BCUT2D eigenvalue weighted by Gasteiger charge is 2.53. The van der Waals surface area contributed by atoms with Gasteiger partial charge in [-0.15, -0.1) is 0 Å². The summed E-state index contributed by atoms with van der Waals surface area (Å²) in [5.41, 5.74) is 0.109. The number of amides is 3. The minimum atomic E-state index is -0.938. The normalized spacial score (nSPS) is 26.5. The predicted molar refractivity (Wildman–Crippen MR) is 99.6 cm³/mol. The molecule has 0 spiro atoms. The Labute approximate surface area is 162 Å². The number of likely N-dealkylation sites (tertiary alicyclic amines) is 1. The summed E-state index contributed by atoms with van der Waals surface area (Å²) in [6.45, 7) is 2.15. The van der Waals surface area contributed by atoms with Crippen LogP contribution in [0.25, 0.3) is 0 Å². The Hall–Kier alpha value is -2.90. The number of rotatable bonds is 4. The number of carboxylic acid groups (broad SMARTS) is 1. The second-order valence-corrected chi connectivity index (χ2v) is 7.84. The van der Waals surface area contributed by atoms with E-state index in [1.165, 1.54) is 4.90 Å². The third kappa shape index (κ3) is 2.75. The van der Waals surface area contributed by atoms with Gasteiger partial charge in [0.05, 0.1) is 17.7 Å². The van der Waals surface area contributed by atoms with Gasteiger partial charge < -0.3 is 14.9 Å². The number of hydrogen-bond donors (Lipinski definition) is 1. The van der Waals surface area contributed by atoms with E-state index < -0.39 is 11.6 Å². The van der Waals surface area contributed by atoms with Gasteiger partial charge in [-0.25, -0.2) is 0 Å². The van der Waals surface area contributed by atoms with E-state index in [2.05, 4.69) is 0 Å². The number of benzene rings is 1. The smallest absolute Gasteiger partial charge is 0.305 e. The van der Waals surface area contributed by atoms with Crippen molar-refractivity contribution in [2.75, 3.05) is 18.0 Å². The molecule has 28 heavy (non-hydrogen) atoms. The number of carbonyl (C=O) groups is 4. The Morgan fingerprint density at radius 2 is 2.00 bits per heavy atom. The molecule has 1 aromatic rings. The van der Waals surface area contributed by atoms with Crippen LogP contribution in [0.1, 0.15) is 49.4 Å². The van der Waals surface area contributed by atoms with Crippen LogP contribution in [-0.4, -0.2) is 63.4 Å². The monoisotopic (exact) mass is 385 g/mol. The Bertz CT molecular complexity index is 869. The van der Waals surface area contributed by atoms with E-state index in [0.29, 0.717) is 37.1 Å². The molecule has 0 bridgehead atoms. The average molecular weight is 385 g/mol. The van der Waals surface area contributed by atoms with Gasteiger partial charge in [0, 0.05) is 19.0 Å². The quantitative estimate of drug-likeness (QED) is 0.846. The van der Waals surface area contributed by atoms with Crippen molar-refractivity contribution in [2.45, 2.75) is 50.7 Å². The van der Waals surface area contributed by atoms with Crippen molar-refractivity contribution in [1.29, 1.82) is 0 Å². The molecule has 8 nitrogen and oxygen atoms in total. The van der Waals surface area contributed by atoms with E-state index in [0.717, 1.165) is 6.42 Å². The lowest BCUT2D eigenvalue weighted by Gasteiger charge is -2.48. The number of aliphatic carboxylic acids is 1. The van der Waals surface area contributed by atoms with Crippen molar-refractivity contribution in [2.24, 2.45) is 0 Å². The summed E-state index contributed by atoms with van der Waals surface area (Å²) < 4.78 is 0. The zero-order valence-corrected chi connectivity index (χ0v) is 15.8. The molecule has 2 atom stereocenters. The highest BCUT2D eigenvalue weighted by Crippen LogP contribution is 2.44. The molecule has 3 heterocycles. The average Bonchev–Trinajstić information content (AvgIpc) is 3.23. The summed E-state index contributed by atoms with van der Waals surface area (Å²) in [5, 5.41) is 9.09. The molecular formula is C20H23N3O5. The number of nitrogens with zero attached hydrogens (tertiary/aromatic N) is 3. The second-order valence-electron chi connectivity index (χ2n) is 7.84. The van der Waals surface area contributed by atoms with Crippen LogP contribution in [-0.2, 0) is 14.4 Å². The standard InChI is InChI=1S/C20H23N3O5/c1-20-9-8-16(24)23(20)15-7-3-2-6-14(15)19(28)22(20)12-17(25)21-10-4-5-13(21)11-18(26)27/h2-3,6-7,13H,4-5,8-12H2,1H3,(H,26,27). The van der Waals surface area contributed by atoms with Crippen molar-refractivity contribution in [3.05, 3.63) is 29.8 Å². The fraction of sp³-hybridized carbons (Fsp3) is 0.500. The highest BCUT2D eigenvalue weighted by atomic mass is 16.4. The number of carbonyl (C=O) groups excluding carboxylic acids is 3. The van der Waals surface area contributed by atoms with E-state index >= 15 is 0 Å². The summed E-state index contributed by atoms with van der Waals surface area (Å²) in [6, 6.07) is 6.62. The van der Waals surface area contributed by atoms with E-state index in [4.69, 9.17) is 5.11 Å². The van der Waals surface area contributed by atoms with Crippen LogP contribution < -0.4 is 4.90 Å². The van der Waals surface area contributed by atoms with Gasteiger partial charge in [0.1, 0.15) is 12.2 Å². The molecule has 148 valence electrons. The fourth-order valence-electron chi connectivity index (χ4n) is 4.75. The number of fused-ring (bicyclic) bond motifs is 3. The summed E-state index contributed by atoms with van der Waals surface area (Å²) in [7, 11) is 0. The number of anilines is 1. The van der Waals surface area contributed by atoms with Gasteiger partial charge >= 0.3 is 5.97 Å². The molecule has 0 aromatic heterocycles. The van der Waals surface area contributed by atoms with Gasteiger partial charge in [-0.1, -0.05) is 12.1 Å². The van der Waals surface area contributed by atoms with Crippen molar-refractivity contribution >= 4 is 29.4 Å². The maximum Gasteiger partial charge on any atom is 0.305 e. The maximum atomic E-state index is 13.2. The first-order valence-corrected chi connectivity index (χ1v) is 9.58. The molecule has 2 saturated heterocycles. The van der Waals surface area contributed by atoms with E-state index in [-0.39, 0.29) is 36.7 Å². The molecule has 8 heteroatoms. The first-order valence-electron chi connectivity index (χ1n) is 9.58. The first-order chi connectivity index (χ1) is 13.3. The van der Waals surface area contributed by atoms with Gasteiger partial charge in [-0.2, -0.15) is 0 Å². The largest absolute Gasteiger partial charge is 0.481 e. The molecule has 3 aliphatic heterocycles. The Morgan fingerprint density at radius 3 is 2.75 bits per heavy atom. The van der Waals surface area contributed by atoms with Gasteiger partial charge in [0.2, 0.25) is 11.8 Å². The van der Waals surface area contributed by atoms with Gasteiger partial charge in [-0.05, 0) is 38.3 Å². The van der Waals surface area contributed by atoms with Gasteiger partial charge in [0.25, 0.3) is 5.91 Å². The van der Waals surface area contributed by atoms with Gasteiger partial charge in [-0.3, -0.25) is 24.1 Å². The third-order valence-electron chi connectivity index (χ3n) is 6.15. The topological polar surface area (TPSA) is 98.2 Å². The number of hydrogen-bond acceptors (Lipinski definition) is 4. The molecule has 2 fully saturated rings. The van der Waals surface area contributed by atoms with Crippen LogP contribution in [0, 0.1) is 0 Å². The molecule has 1 N–H and O–H groups in total. The van der Waals surface area contributed by atoms with Crippen LogP contribution in [0.2, 0.25) is 0 Å². The van der Waals surface area contributed by atoms with Crippen LogP contribution in [0.4, 0.5) is 5.69 Å². The van der Waals surface area contributed by atoms with Crippen molar-refractivity contribution < 1.29 is 24.3 Å². The van der Waals surface area contributed by atoms with Crippen LogP contribution >= 0.6 is 0 Å². The van der Waals surface area contributed by atoms with Crippen LogP contribution in [0.5, 0.6) is 0 Å². The Balaban J connectivity index is 1.64. The SMILES string of the molecule is CC12CCC(=O)N1c1ccccc1C(=O)N2CC(=O)N1CCCC1CC(=O)O. The van der Waals surface area contributed by atoms with Crippen LogP contribution in [0.3, 0.4) is 0 Å². The highest BCUT2D eigenvalue weighted by molar-refractivity contribution is 6.11. The lowest BCUT2D eigenvalue weighted by atomic mass is 9.98. The Morgan fingerprint density at radius 1 is 1.25 bits per heavy atom. The fourth-order valence-corrected chi connectivity index (χ4v) is 4.75. The molecule has 3 aliphatic rings. The molecule has 3 amide bonds. The van der Waals surface area contributed by atoms with E-state index in [1.54, 1.807) is 34.1 Å². The number of para-hydroxylation sites is 1. The second kappa shape index (κ2) is 6.61. The Kier molecular flexibility index (Phi) is 4.36. The van der Waals surface area contributed by atoms with Crippen molar-refractivity contribution in [1.82, 2.24) is 9.80 Å². The summed E-state index contributed by atoms with van der Waals surface area (Å²) >= 11 is 0.